The minimum atomic E-state index is -1.12. The minimum Gasteiger partial charge on any atom is -0.480 e. The number of nitrogens with one attached hydrogen (secondary N) is 2. The van der Waals surface area contributed by atoms with Crippen LogP contribution in [0.4, 0.5) is 9.59 Å². The first kappa shape index (κ1) is 35.0. The van der Waals surface area contributed by atoms with Crippen molar-refractivity contribution in [1.82, 2.24) is 20.6 Å². The Morgan fingerprint density at radius 1 is 0.814 bits per heavy atom. The quantitative estimate of drug-likeness (QED) is 0.273. The number of hydrogen-bond acceptors (Lipinski definition) is 9. The van der Waals surface area contributed by atoms with Crippen LogP contribution in [0, 0.1) is 0 Å². The maximum atomic E-state index is 12.5. The summed E-state index contributed by atoms with van der Waals surface area (Å²) in [5.74, 6) is -1.54. The lowest BCUT2D eigenvalue weighted by molar-refractivity contribution is -0.151. The fourth-order valence-electron chi connectivity index (χ4n) is 4.05. The third kappa shape index (κ3) is 15.0. The van der Waals surface area contributed by atoms with Crippen molar-refractivity contribution in [1.29, 1.82) is 0 Å². The first-order valence-corrected chi connectivity index (χ1v) is 14.3. The molecule has 12 heteroatoms. The Hall–Kier alpha value is -4.22. The topological polar surface area (TPSA) is 166 Å². The van der Waals surface area contributed by atoms with Gasteiger partial charge in [0.2, 0.25) is 0 Å². The van der Waals surface area contributed by atoms with Crippen molar-refractivity contribution in [2.45, 2.75) is 109 Å². The Morgan fingerprint density at radius 2 is 1.26 bits per heavy atom. The van der Waals surface area contributed by atoms with Crippen molar-refractivity contribution in [3.63, 3.8) is 0 Å². The molecule has 0 aliphatic heterocycles. The second-order valence-electron chi connectivity index (χ2n) is 12.2. The van der Waals surface area contributed by atoms with Crippen molar-refractivity contribution in [2.75, 3.05) is 0 Å². The molecule has 1 fully saturated rings. The monoisotopic (exact) mass is 600 g/mol. The van der Waals surface area contributed by atoms with E-state index in [2.05, 4.69) is 20.6 Å². The number of nitrogens with zero attached hydrogens (tertiary/aromatic N) is 2. The molecule has 12 nitrogen and oxygen atoms in total. The van der Waals surface area contributed by atoms with Gasteiger partial charge in [0.25, 0.3) is 0 Å². The number of carbonyl (C=O) groups excluding carboxylic acids is 3. The standard InChI is InChI=1S/C18H26N2O4.C13H18N2O4/c1-18(2,3)24-17(22)20-15(11-13-7-6-10-19-12-13)16(21)23-14-8-4-5-9-14;1-13(2,3)19-12(18)15-10(11(16)17)7-9-5-4-6-14-8-9/h6-7,10,12,14-15H,4-5,8-9,11H2,1-3H3,(H,20,22);4-6,8,10H,7H2,1-3H3,(H,15,18)(H,16,17)/t15-;10-/m11/s1. The van der Waals surface area contributed by atoms with Gasteiger partial charge in [0.15, 0.2) is 0 Å². The lowest BCUT2D eigenvalue weighted by Crippen LogP contribution is -2.46. The summed E-state index contributed by atoms with van der Waals surface area (Å²) in [7, 11) is 0. The molecule has 1 saturated carbocycles. The second-order valence-corrected chi connectivity index (χ2v) is 12.2. The Balaban J connectivity index is 0.000000309. The smallest absolute Gasteiger partial charge is 0.408 e. The van der Waals surface area contributed by atoms with Gasteiger partial charge in [0, 0.05) is 37.6 Å². The molecule has 0 saturated heterocycles. The summed E-state index contributed by atoms with van der Waals surface area (Å²) >= 11 is 0. The van der Waals surface area contributed by atoms with Crippen LogP contribution in [0.25, 0.3) is 0 Å². The summed E-state index contributed by atoms with van der Waals surface area (Å²) in [6, 6.07) is 5.28. The number of carboxylic acids is 1. The molecule has 43 heavy (non-hydrogen) atoms. The second kappa shape index (κ2) is 16.4. The molecule has 0 unspecified atom stereocenters. The number of aromatic nitrogens is 2. The van der Waals surface area contributed by atoms with Gasteiger partial charge in [-0.1, -0.05) is 12.1 Å². The minimum absolute atomic E-state index is 0.0469. The van der Waals surface area contributed by atoms with Crippen LogP contribution < -0.4 is 10.6 Å². The molecule has 2 aromatic rings. The zero-order valence-corrected chi connectivity index (χ0v) is 25.8. The number of amides is 2. The van der Waals surface area contributed by atoms with Crippen LogP contribution in [-0.2, 0) is 36.6 Å². The SMILES string of the molecule is CC(C)(C)OC(=O)N[C@H](Cc1cccnc1)C(=O)O.CC(C)(C)OC(=O)N[C@H](Cc1cccnc1)C(=O)OC1CCCC1. The van der Waals surface area contributed by atoms with Crippen molar-refractivity contribution in [3.05, 3.63) is 60.2 Å². The van der Waals surface area contributed by atoms with Crippen molar-refractivity contribution < 1.29 is 38.5 Å². The largest absolute Gasteiger partial charge is 0.480 e. The van der Waals surface area contributed by atoms with E-state index in [0.29, 0.717) is 6.42 Å². The van der Waals surface area contributed by atoms with Gasteiger partial charge in [0.1, 0.15) is 29.4 Å². The van der Waals surface area contributed by atoms with Crippen molar-refractivity contribution in [2.24, 2.45) is 0 Å². The number of esters is 1. The lowest BCUT2D eigenvalue weighted by Gasteiger charge is -2.24. The molecule has 1 aliphatic rings. The summed E-state index contributed by atoms with van der Waals surface area (Å²) in [6.45, 7) is 10.5. The highest BCUT2D eigenvalue weighted by Crippen LogP contribution is 2.22. The van der Waals surface area contributed by atoms with E-state index in [0.717, 1.165) is 36.8 Å². The summed E-state index contributed by atoms with van der Waals surface area (Å²) in [5.41, 5.74) is 0.285. The van der Waals surface area contributed by atoms with E-state index in [-0.39, 0.29) is 12.5 Å². The van der Waals surface area contributed by atoms with Gasteiger partial charge in [0.05, 0.1) is 0 Å². The Kier molecular flexibility index (Phi) is 13.4. The van der Waals surface area contributed by atoms with Gasteiger partial charge in [-0.3, -0.25) is 9.97 Å². The van der Waals surface area contributed by atoms with Crippen LogP contribution in [0.5, 0.6) is 0 Å². The van der Waals surface area contributed by atoms with Crippen molar-refractivity contribution >= 4 is 24.1 Å². The maximum Gasteiger partial charge on any atom is 0.408 e. The van der Waals surface area contributed by atoms with E-state index >= 15 is 0 Å². The van der Waals surface area contributed by atoms with E-state index in [9.17, 15) is 19.2 Å². The number of ether oxygens (including phenoxy) is 3. The number of hydrogen-bond donors (Lipinski definition) is 3. The van der Waals surface area contributed by atoms with Gasteiger partial charge in [-0.2, -0.15) is 0 Å². The van der Waals surface area contributed by atoms with Gasteiger partial charge < -0.3 is 30.0 Å². The fraction of sp³-hybridized carbons (Fsp3) is 0.548. The first-order chi connectivity index (χ1) is 20.1. The highest BCUT2D eigenvalue weighted by atomic mass is 16.6. The van der Waals surface area contributed by atoms with E-state index in [1.54, 1.807) is 84.5 Å². The van der Waals surface area contributed by atoms with E-state index in [1.165, 1.54) is 0 Å². The van der Waals surface area contributed by atoms with Crippen LogP contribution in [0.2, 0.25) is 0 Å². The van der Waals surface area contributed by atoms with Crippen LogP contribution in [0.3, 0.4) is 0 Å². The van der Waals surface area contributed by atoms with Gasteiger partial charge in [-0.05, 0) is 90.5 Å². The molecule has 0 radical (unpaired) electrons. The van der Waals surface area contributed by atoms with Crippen LogP contribution in [0.15, 0.2) is 49.1 Å². The molecular formula is C31H44N4O8. The number of carboxylic acid groups (broad SMARTS) is 1. The van der Waals surface area contributed by atoms with Crippen LogP contribution >= 0.6 is 0 Å². The number of pyridine rings is 2. The molecular weight excluding hydrogens is 556 g/mol. The molecule has 2 amide bonds. The molecule has 0 bridgehead atoms. The number of alkyl carbamates (subject to hydrolysis) is 2. The summed E-state index contributed by atoms with van der Waals surface area (Å²) < 4.78 is 15.8. The van der Waals surface area contributed by atoms with Gasteiger partial charge in [-0.25, -0.2) is 19.2 Å². The summed E-state index contributed by atoms with van der Waals surface area (Å²) in [5, 5.41) is 14.1. The van der Waals surface area contributed by atoms with Crippen molar-refractivity contribution in [3.8, 4) is 0 Å². The predicted octanol–water partition coefficient (Wildman–Crippen LogP) is 4.61. The summed E-state index contributed by atoms with van der Waals surface area (Å²) in [4.78, 5) is 55.1. The molecule has 2 aromatic heterocycles. The molecule has 1 aliphatic carbocycles. The summed E-state index contributed by atoms with van der Waals surface area (Å²) in [6.07, 6.45) is 9.47. The van der Waals surface area contributed by atoms with E-state index < -0.39 is 47.4 Å². The molecule has 236 valence electrons. The zero-order chi connectivity index (χ0) is 32.0. The average molecular weight is 601 g/mol. The number of rotatable bonds is 9. The molecule has 0 aromatic carbocycles. The molecule has 0 spiro atoms. The first-order valence-electron chi connectivity index (χ1n) is 14.3. The lowest BCUT2D eigenvalue weighted by atomic mass is 10.1. The predicted molar refractivity (Wildman–Crippen MR) is 158 cm³/mol. The molecule has 2 atom stereocenters. The van der Waals surface area contributed by atoms with Gasteiger partial charge >= 0.3 is 24.1 Å². The zero-order valence-electron chi connectivity index (χ0n) is 25.8. The fourth-order valence-corrected chi connectivity index (χ4v) is 4.05. The normalized spacial score (nSPS) is 14.7. The highest BCUT2D eigenvalue weighted by molar-refractivity contribution is 5.82. The highest BCUT2D eigenvalue weighted by Gasteiger charge is 2.29. The molecule has 2 heterocycles. The number of carbonyl (C=O) groups is 4. The van der Waals surface area contributed by atoms with E-state index in [4.69, 9.17) is 19.3 Å². The Labute approximate surface area is 252 Å². The molecule has 3 N–H and O–H groups in total. The Bertz CT molecular complexity index is 1170. The van der Waals surface area contributed by atoms with E-state index in [1.807, 2.05) is 6.07 Å². The third-order valence-electron chi connectivity index (χ3n) is 5.87. The maximum absolute atomic E-state index is 12.5. The van der Waals surface area contributed by atoms with Crippen LogP contribution in [-0.4, -0.2) is 68.6 Å². The average Bonchev–Trinajstić information content (AvgIpc) is 3.40. The molecule has 3 rings (SSSR count). The van der Waals surface area contributed by atoms with Gasteiger partial charge in [-0.15, -0.1) is 0 Å². The number of aliphatic carboxylic acids is 1. The van der Waals surface area contributed by atoms with Crippen LogP contribution in [0.1, 0.15) is 78.4 Å². The third-order valence-corrected chi connectivity index (χ3v) is 5.87. The Morgan fingerprint density at radius 3 is 1.65 bits per heavy atom.